The van der Waals surface area contributed by atoms with Gasteiger partial charge in [-0.15, -0.1) is 0 Å². The molecule has 0 aliphatic rings. The van der Waals surface area contributed by atoms with E-state index >= 15 is 0 Å². The number of thioether (sulfide) groups is 1. The lowest BCUT2D eigenvalue weighted by Gasteiger charge is -2.23. The van der Waals surface area contributed by atoms with E-state index in [9.17, 15) is 0 Å². The molecule has 0 aromatic heterocycles. The normalized spacial score (nSPS) is 14.3. The number of hydrogen-bond acceptors (Lipinski definition) is 3. The van der Waals surface area contributed by atoms with E-state index in [0.29, 0.717) is 12.0 Å². The van der Waals surface area contributed by atoms with Crippen LogP contribution < -0.4 is 10.1 Å². The molecule has 1 aromatic carbocycles. The Kier molecular flexibility index (Phi) is 7.12. The van der Waals surface area contributed by atoms with Gasteiger partial charge in [0.2, 0.25) is 0 Å². The SMILES string of the molecule is CNC(Cc1cc(OC)ccc1Br)C(C)CSC. The maximum atomic E-state index is 5.29. The van der Waals surface area contributed by atoms with Gasteiger partial charge in [-0.05, 0) is 55.2 Å². The first-order valence-corrected chi connectivity index (χ1v) is 8.29. The number of hydrogen-bond donors (Lipinski definition) is 1. The van der Waals surface area contributed by atoms with Crippen LogP contribution in [0.1, 0.15) is 12.5 Å². The Morgan fingerprint density at radius 2 is 2.17 bits per heavy atom. The average Bonchev–Trinajstić information content (AvgIpc) is 2.38. The minimum atomic E-state index is 0.487. The molecule has 2 nitrogen and oxygen atoms in total. The third-order valence-corrected chi connectivity index (χ3v) is 4.81. The van der Waals surface area contributed by atoms with Crippen molar-refractivity contribution in [2.24, 2.45) is 5.92 Å². The van der Waals surface area contributed by atoms with Crippen molar-refractivity contribution in [3.63, 3.8) is 0 Å². The first-order valence-electron chi connectivity index (χ1n) is 6.11. The van der Waals surface area contributed by atoms with Crippen molar-refractivity contribution < 1.29 is 4.74 Å². The predicted molar refractivity (Wildman–Crippen MR) is 84.8 cm³/mol. The summed E-state index contributed by atoms with van der Waals surface area (Å²) < 4.78 is 6.44. The average molecular weight is 332 g/mol. The molecule has 0 fully saturated rings. The van der Waals surface area contributed by atoms with Gasteiger partial charge in [0.15, 0.2) is 0 Å². The molecular weight excluding hydrogens is 310 g/mol. The van der Waals surface area contributed by atoms with Crippen LogP contribution in [-0.2, 0) is 6.42 Å². The molecule has 1 aromatic rings. The fraction of sp³-hybridized carbons (Fsp3) is 0.571. The van der Waals surface area contributed by atoms with Crippen LogP contribution in [0.5, 0.6) is 5.75 Å². The second-order valence-corrected chi connectivity index (χ2v) is 6.25. The Bertz CT molecular complexity index is 373. The molecule has 0 aliphatic heterocycles. The molecule has 0 saturated carbocycles. The molecular formula is C14H22BrNOS. The summed E-state index contributed by atoms with van der Waals surface area (Å²) in [6, 6.07) is 6.63. The standard InChI is InChI=1S/C14H22BrNOS/c1-10(9-18-4)14(16-2)8-11-7-12(17-3)5-6-13(11)15/h5-7,10,14,16H,8-9H2,1-4H3. The highest BCUT2D eigenvalue weighted by Gasteiger charge is 2.17. The fourth-order valence-electron chi connectivity index (χ4n) is 2.04. The molecule has 4 heteroatoms. The van der Waals surface area contributed by atoms with Crippen LogP contribution in [0.2, 0.25) is 0 Å². The summed E-state index contributed by atoms with van der Waals surface area (Å²) >= 11 is 5.52. The lowest BCUT2D eigenvalue weighted by molar-refractivity contribution is 0.410. The van der Waals surface area contributed by atoms with Crippen LogP contribution in [0.3, 0.4) is 0 Å². The lowest BCUT2D eigenvalue weighted by Crippen LogP contribution is -2.35. The molecule has 1 rings (SSSR count). The Labute approximate surface area is 123 Å². The van der Waals surface area contributed by atoms with Crippen LogP contribution in [0, 0.1) is 5.92 Å². The Morgan fingerprint density at radius 1 is 1.44 bits per heavy atom. The molecule has 0 heterocycles. The minimum absolute atomic E-state index is 0.487. The van der Waals surface area contributed by atoms with Crippen molar-refractivity contribution in [1.82, 2.24) is 5.32 Å². The molecule has 1 N–H and O–H groups in total. The van der Waals surface area contributed by atoms with E-state index in [1.807, 2.05) is 24.9 Å². The van der Waals surface area contributed by atoms with Crippen molar-refractivity contribution in [3.8, 4) is 5.75 Å². The summed E-state index contributed by atoms with van der Waals surface area (Å²) in [7, 11) is 3.74. The van der Waals surface area contributed by atoms with Crippen molar-refractivity contribution in [3.05, 3.63) is 28.2 Å². The quantitative estimate of drug-likeness (QED) is 0.825. The zero-order valence-corrected chi connectivity index (χ0v) is 13.9. The summed E-state index contributed by atoms with van der Waals surface area (Å²) in [6.07, 6.45) is 3.17. The summed E-state index contributed by atoms with van der Waals surface area (Å²) in [6.45, 7) is 2.30. The van der Waals surface area contributed by atoms with Crippen molar-refractivity contribution in [2.75, 3.05) is 26.2 Å². The van der Waals surface area contributed by atoms with Gasteiger partial charge >= 0.3 is 0 Å². The van der Waals surface area contributed by atoms with E-state index in [1.165, 1.54) is 11.3 Å². The highest BCUT2D eigenvalue weighted by molar-refractivity contribution is 9.10. The van der Waals surface area contributed by atoms with Gasteiger partial charge in [-0.1, -0.05) is 22.9 Å². The lowest BCUT2D eigenvalue weighted by atomic mass is 9.96. The summed E-state index contributed by atoms with van der Waals surface area (Å²) in [5.41, 5.74) is 1.29. The minimum Gasteiger partial charge on any atom is -0.497 e. The number of likely N-dealkylation sites (N-methyl/N-ethyl adjacent to an activating group) is 1. The largest absolute Gasteiger partial charge is 0.497 e. The van der Waals surface area contributed by atoms with E-state index < -0.39 is 0 Å². The van der Waals surface area contributed by atoms with Gasteiger partial charge in [0, 0.05) is 10.5 Å². The molecule has 102 valence electrons. The number of rotatable bonds is 7. The Balaban J connectivity index is 2.80. The van der Waals surface area contributed by atoms with Crippen LogP contribution in [-0.4, -0.2) is 32.2 Å². The van der Waals surface area contributed by atoms with E-state index in [4.69, 9.17) is 4.74 Å². The van der Waals surface area contributed by atoms with Gasteiger partial charge in [-0.2, -0.15) is 11.8 Å². The van der Waals surface area contributed by atoms with Crippen LogP contribution in [0.4, 0.5) is 0 Å². The van der Waals surface area contributed by atoms with Crippen LogP contribution >= 0.6 is 27.7 Å². The van der Waals surface area contributed by atoms with E-state index in [2.05, 4.69) is 46.6 Å². The summed E-state index contributed by atoms with van der Waals surface area (Å²) in [5.74, 6) is 2.73. The second-order valence-electron chi connectivity index (χ2n) is 4.49. The fourth-order valence-corrected chi connectivity index (χ4v) is 3.20. The molecule has 0 amide bonds. The maximum Gasteiger partial charge on any atom is 0.119 e. The number of benzene rings is 1. The third-order valence-electron chi connectivity index (χ3n) is 3.18. The summed E-state index contributed by atoms with van der Waals surface area (Å²) in [5, 5.41) is 3.42. The number of nitrogens with one attached hydrogen (secondary N) is 1. The van der Waals surface area contributed by atoms with Crippen LogP contribution in [0.25, 0.3) is 0 Å². The maximum absolute atomic E-state index is 5.29. The molecule has 0 bridgehead atoms. The van der Waals surface area contributed by atoms with Gasteiger partial charge < -0.3 is 10.1 Å². The smallest absolute Gasteiger partial charge is 0.119 e. The zero-order valence-electron chi connectivity index (χ0n) is 11.5. The molecule has 0 radical (unpaired) electrons. The number of methoxy groups -OCH3 is 1. The first kappa shape index (κ1) is 15.9. The predicted octanol–water partition coefficient (Wildman–Crippen LogP) is 3.59. The van der Waals surface area contributed by atoms with Crippen molar-refractivity contribution in [2.45, 2.75) is 19.4 Å². The number of ether oxygens (including phenoxy) is 1. The van der Waals surface area contributed by atoms with Crippen molar-refractivity contribution >= 4 is 27.7 Å². The highest BCUT2D eigenvalue weighted by atomic mass is 79.9. The topological polar surface area (TPSA) is 21.3 Å². The Hall–Kier alpha value is -0.190. The summed E-state index contributed by atoms with van der Waals surface area (Å²) in [4.78, 5) is 0. The monoisotopic (exact) mass is 331 g/mol. The molecule has 0 saturated heterocycles. The van der Waals surface area contributed by atoms with Crippen molar-refractivity contribution in [1.29, 1.82) is 0 Å². The highest BCUT2D eigenvalue weighted by Crippen LogP contribution is 2.25. The molecule has 0 spiro atoms. The van der Waals surface area contributed by atoms with E-state index in [0.717, 1.165) is 16.6 Å². The van der Waals surface area contributed by atoms with Gasteiger partial charge in [-0.3, -0.25) is 0 Å². The first-order chi connectivity index (χ1) is 8.62. The Morgan fingerprint density at radius 3 is 2.72 bits per heavy atom. The molecule has 0 aliphatic carbocycles. The molecule has 18 heavy (non-hydrogen) atoms. The van der Waals surface area contributed by atoms with Gasteiger partial charge in [0.25, 0.3) is 0 Å². The van der Waals surface area contributed by atoms with E-state index in [1.54, 1.807) is 7.11 Å². The third kappa shape index (κ3) is 4.48. The second kappa shape index (κ2) is 8.08. The molecule has 2 atom stereocenters. The van der Waals surface area contributed by atoms with Crippen LogP contribution in [0.15, 0.2) is 22.7 Å². The van der Waals surface area contributed by atoms with Gasteiger partial charge in [-0.25, -0.2) is 0 Å². The number of halogens is 1. The van der Waals surface area contributed by atoms with Gasteiger partial charge in [0.05, 0.1) is 7.11 Å². The zero-order chi connectivity index (χ0) is 13.5. The van der Waals surface area contributed by atoms with Gasteiger partial charge in [0.1, 0.15) is 5.75 Å². The van der Waals surface area contributed by atoms with E-state index in [-0.39, 0.29) is 0 Å². The molecule has 2 unspecified atom stereocenters.